The number of carbonyl (C=O) groups excluding carboxylic acids is 1. The average molecular weight is 313 g/mol. The molecule has 1 fully saturated rings. The number of nitrogens with zero attached hydrogens (tertiary/aromatic N) is 2. The Balaban J connectivity index is 2.51. The summed E-state index contributed by atoms with van der Waals surface area (Å²) in [6, 6.07) is 0. The Kier molecular flexibility index (Phi) is 6.52. The van der Waals surface area contributed by atoms with Crippen LogP contribution in [0.4, 0.5) is 0 Å². The Bertz CT molecular complexity index is 393. The second-order valence-corrected chi connectivity index (χ2v) is 7.07. The lowest BCUT2D eigenvalue weighted by Gasteiger charge is -2.34. The van der Waals surface area contributed by atoms with Gasteiger partial charge in [0.1, 0.15) is 6.61 Å². The number of carbonyl (C=O) groups is 1. The smallest absolute Gasteiger partial charge is 0.248 e. The summed E-state index contributed by atoms with van der Waals surface area (Å²) in [5.74, 6) is 0.210. The first-order valence-electron chi connectivity index (χ1n) is 6.21. The zero-order valence-electron chi connectivity index (χ0n) is 11.3. The van der Waals surface area contributed by atoms with Crippen molar-refractivity contribution in [2.75, 3.05) is 51.5 Å². The van der Waals surface area contributed by atoms with Gasteiger partial charge >= 0.3 is 0 Å². The van der Waals surface area contributed by atoms with E-state index in [0.29, 0.717) is 32.1 Å². The number of ether oxygens (including phenoxy) is 1. The van der Waals surface area contributed by atoms with E-state index < -0.39 is 10.0 Å². The van der Waals surface area contributed by atoms with E-state index in [9.17, 15) is 13.2 Å². The van der Waals surface area contributed by atoms with Crippen molar-refractivity contribution in [1.29, 1.82) is 0 Å². The quantitative estimate of drug-likeness (QED) is 0.647. The van der Waals surface area contributed by atoms with Crippen LogP contribution in [0.5, 0.6) is 0 Å². The molecule has 0 saturated carbocycles. The maximum absolute atomic E-state index is 12.1. The minimum Gasteiger partial charge on any atom is -0.375 e. The lowest BCUT2D eigenvalue weighted by molar-refractivity contribution is -0.136. The highest BCUT2D eigenvalue weighted by Gasteiger charge is 2.29. The lowest BCUT2D eigenvalue weighted by atomic mass is 10.3. The van der Waals surface area contributed by atoms with Crippen LogP contribution >= 0.6 is 11.6 Å². The molecule has 6 nitrogen and oxygen atoms in total. The van der Waals surface area contributed by atoms with E-state index in [-0.39, 0.29) is 24.2 Å². The highest BCUT2D eigenvalue weighted by atomic mass is 35.5. The summed E-state index contributed by atoms with van der Waals surface area (Å²) in [5, 5.41) is 0. The molecule has 0 spiro atoms. The van der Waals surface area contributed by atoms with Crippen LogP contribution in [0.15, 0.2) is 0 Å². The predicted molar refractivity (Wildman–Crippen MR) is 73.7 cm³/mol. The van der Waals surface area contributed by atoms with E-state index in [4.69, 9.17) is 16.3 Å². The van der Waals surface area contributed by atoms with Crippen molar-refractivity contribution >= 4 is 27.5 Å². The van der Waals surface area contributed by atoms with Gasteiger partial charge in [0.05, 0.1) is 5.75 Å². The third-order valence-corrected chi connectivity index (χ3v) is 5.68. The van der Waals surface area contributed by atoms with Crippen LogP contribution in [0.25, 0.3) is 0 Å². The Morgan fingerprint density at radius 2 is 1.89 bits per heavy atom. The SMILES string of the molecule is COCC(=O)N1CCN(S(=O)(=O)CC(C)CCl)CC1. The monoisotopic (exact) mass is 312 g/mol. The van der Waals surface area contributed by atoms with E-state index in [2.05, 4.69) is 0 Å². The Hall–Kier alpha value is -0.370. The summed E-state index contributed by atoms with van der Waals surface area (Å²) >= 11 is 5.65. The van der Waals surface area contributed by atoms with Gasteiger partial charge in [0.2, 0.25) is 15.9 Å². The molecule has 0 aromatic carbocycles. The molecule has 1 aliphatic rings. The van der Waals surface area contributed by atoms with Gasteiger partial charge in [-0.05, 0) is 5.92 Å². The van der Waals surface area contributed by atoms with Crippen LogP contribution in [0, 0.1) is 5.92 Å². The summed E-state index contributed by atoms with van der Waals surface area (Å²) in [6.45, 7) is 3.35. The van der Waals surface area contributed by atoms with Gasteiger partial charge in [0, 0.05) is 39.2 Å². The molecule has 0 aromatic heterocycles. The largest absolute Gasteiger partial charge is 0.375 e. The predicted octanol–water partition coefficient (Wildman–Crippen LogP) is -0.0183. The zero-order valence-corrected chi connectivity index (χ0v) is 12.9. The van der Waals surface area contributed by atoms with Gasteiger partial charge in [-0.25, -0.2) is 8.42 Å². The molecule has 112 valence electrons. The Morgan fingerprint density at radius 3 is 2.37 bits per heavy atom. The van der Waals surface area contributed by atoms with Crippen molar-refractivity contribution in [2.45, 2.75) is 6.92 Å². The summed E-state index contributed by atoms with van der Waals surface area (Å²) in [7, 11) is -1.81. The van der Waals surface area contributed by atoms with Crippen LogP contribution < -0.4 is 0 Å². The molecular formula is C11H21ClN2O4S. The normalized spacial score (nSPS) is 19.4. The van der Waals surface area contributed by atoms with Crippen molar-refractivity contribution < 1.29 is 17.9 Å². The number of methoxy groups -OCH3 is 1. The maximum Gasteiger partial charge on any atom is 0.248 e. The summed E-state index contributed by atoms with van der Waals surface area (Å²) < 4.78 is 30.4. The van der Waals surface area contributed by atoms with E-state index in [1.165, 1.54) is 11.4 Å². The zero-order chi connectivity index (χ0) is 14.5. The second-order valence-electron chi connectivity index (χ2n) is 4.75. The van der Waals surface area contributed by atoms with Crippen molar-refractivity contribution in [3.8, 4) is 0 Å². The fourth-order valence-electron chi connectivity index (χ4n) is 1.94. The molecule has 1 heterocycles. The number of sulfonamides is 1. The number of piperazine rings is 1. The number of alkyl halides is 1. The number of hydrogen-bond acceptors (Lipinski definition) is 4. The molecule has 0 radical (unpaired) electrons. The van der Waals surface area contributed by atoms with E-state index >= 15 is 0 Å². The molecule has 1 amide bonds. The molecule has 1 saturated heterocycles. The first-order chi connectivity index (χ1) is 8.90. The first-order valence-corrected chi connectivity index (χ1v) is 8.35. The van der Waals surface area contributed by atoms with Crippen LogP contribution in [0.2, 0.25) is 0 Å². The second kappa shape index (κ2) is 7.42. The third-order valence-electron chi connectivity index (χ3n) is 3.01. The van der Waals surface area contributed by atoms with Crippen LogP contribution in [-0.4, -0.2) is 75.1 Å². The lowest BCUT2D eigenvalue weighted by Crippen LogP contribution is -2.52. The molecule has 0 aromatic rings. The molecule has 1 atom stereocenters. The summed E-state index contributed by atoms with van der Waals surface area (Å²) in [6.07, 6.45) is 0. The standard InChI is InChI=1S/C11H21ClN2O4S/c1-10(7-12)9-19(16,17)14-5-3-13(4-6-14)11(15)8-18-2/h10H,3-9H2,1-2H3. The molecule has 0 aliphatic carbocycles. The molecule has 1 aliphatic heterocycles. The fraction of sp³-hybridized carbons (Fsp3) is 0.909. The number of rotatable bonds is 6. The number of amides is 1. The number of halogens is 1. The van der Waals surface area contributed by atoms with Crippen molar-refractivity contribution in [3.05, 3.63) is 0 Å². The molecule has 0 N–H and O–H groups in total. The third kappa shape index (κ3) is 4.91. The summed E-state index contributed by atoms with van der Waals surface area (Å²) in [4.78, 5) is 13.2. The van der Waals surface area contributed by atoms with Crippen LogP contribution in [0.1, 0.15) is 6.92 Å². The minimum absolute atomic E-state index is 0.0377. The molecular weight excluding hydrogens is 292 g/mol. The highest BCUT2D eigenvalue weighted by molar-refractivity contribution is 7.89. The Labute approximate surface area is 119 Å². The maximum atomic E-state index is 12.1. The van der Waals surface area contributed by atoms with Crippen LogP contribution in [0.3, 0.4) is 0 Å². The molecule has 1 unspecified atom stereocenters. The van der Waals surface area contributed by atoms with E-state index in [1.54, 1.807) is 4.90 Å². The van der Waals surface area contributed by atoms with Gasteiger partial charge in [-0.3, -0.25) is 4.79 Å². The van der Waals surface area contributed by atoms with Crippen molar-refractivity contribution in [3.63, 3.8) is 0 Å². The molecule has 8 heteroatoms. The van der Waals surface area contributed by atoms with Gasteiger partial charge in [0.25, 0.3) is 0 Å². The number of hydrogen-bond donors (Lipinski definition) is 0. The van der Waals surface area contributed by atoms with Crippen molar-refractivity contribution in [2.24, 2.45) is 5.92 Å². The minimum atomic E-state index is -3.28. The average Bonchev–Trinajstić information content (AvgIpc) is 2.38. The van der Waals surface area contributed by atoms with Crippen LogP contribution in [-0.2, 0) is 19.6 Å². The van der Waals surface area contributed by atoms with Crippen molar-refractivity contribution in [1.82, 2.24) is 9.21 Å². The van der Waals surface area contributed by atoms with E-state index in [1.807, 2.05) is 6.92 Å². The first kappa shape index (κ1) is 16.7. The van der Waals surface area contributed by atoms with E-state index in [0.717, 1.165) is 0 Å². The molecule has 0 bridgehead atoms. The van der Waals surface area contributed by atoms with Gasteiger partial charge in [-0.1, -0.05) is 6.92 Å². The molecule has 19 heavy (non-hydrogen) atoms. The van der Waals surface area contributed by atoms with Gasteiger partial charge < -0.3 is 9.64 Å². The fourth-order valence-corrected chi connectivity index (χ4v) is 3.95. The highest BCUT2D eigenvalue weighted by Crippen LogP contribution is 2.12. The topological polar surface area (TPSA) is 66.9 Å². The van der Waals surface area contributed by atoms with Gasteiger partial charge in [-0.15, -0.1) is 11.6 Å². The molecule has 1 rings (SSSR count). The van der Waals surface area contributed by atoms with Gasteiger partial charge in [-0.2, -0.15) is 4.31 Å². The van der Waals surface area contributed by atoms with Gasteiger partial charge in [0.15, 0.2) is 0 Å². The Morgan fingerprint density at radius 1 is 1.32 bits per heavy atom. The summed E-state index contributed by atoms with van der Waals surface area (Å²) in [5.41, 5.74) is 0.